The Bertz CT molecular complexity index is 861. The van der Waals surface area contributed by atoms with E-state index >= 15 is 0 Å². The Balaban J connectivity index is 1.68. The van der Waals surface area contributed by atoms with Crippen molar-refractivity contribution in [3.63, 3.8) is 0 Å². The molecule has 0 saturated heterocycles. The van der Waals surface area contributed by atoms with Crippen molar-refractivity contribution in [1.82, 2.24) is 0 Å². The number of para-hydroxylation sites is 1. The van der Waals surface area contributed by atoms with E-state index in [1.807, 2.05) is 50.2 Å². The topological polar surface area (TPSA) is 58.2 Å². The van der Waals surface area contributed by atoms with Crippen LogP contribution < -0.4 is 10.6 Å². The van der Waals surface area contributed by atoms with Gasteiger partial charge in [0.25, 0.3) is 0 Å². The number of nitrogens with one attached hydrogen (secondary N) is 2. The van der Waals surface area contributed by atoms with Crippen LogP contribution in [0, 0.1) is 12.8 Å². The number of aryl methyl sites for hydroxylation is 2. The Hall–Kier alpha value is -2.27. The lowest BCUT2D eigenvalue weighted by molar-refractivity contribution is -0.117. The fraction of sp³-hybridized carbons (Fsp3) is 0.391. The predicted octanol–water partition coefficient (Wildman–Crippen LogP) is 5.42. The Labute approximate surface area is 171 Å². The molecule has 0 heterocycles. The number of anilines is 2. The maximum Gasteiger partial charge on any atom is 0.237 e. The molecule has 1 fully saturated rings. The molecule has 4 nitrogen and oxygen atoms in total. The van der Waals surface area contributed by atoms with Gasteiger partial charge < -0.3 is 10.6 Å². The summed E-state index contributed by atoms with van der Waals surface area (Å²) in [5.74, 6) is 0.287. The van der Waals surface area contributed by atoms with Crippen LogP contribution in [0.1, 0.15) is 44.2 Å². The third-order valence-electron chi connectivity index (χ3n) is 4.98. The van der Waals surface area contributed by atoms with Gasteiger partial charge in [-0.15, -0.1) is 11.8 Å². The highest BCUT2D eigenvalue weighted by Crippen LogP contribution is 2.32. The fourth-order valence-corrected chi connectivity index (χ4v) is 4.14. The summed E-state index contributed by atoms with van der Waals surface area (Å²) in [5.41, 5.74) is 3.96. The lowest BCUT2D eigenvalue weighted by atomic mass is 10.1. The van der Waals surface area contributed by atoms with Crippen LogP contribution in [0.5, 0.6) is 0 Å². The average Bonchev–Trinajstić information content (AvgIpc) is 3.53. The molecule has 1 unspecified atom stereocenters. The van der Waals surface area contributed by atoms with Crippen LogP contribution in [0.3, 0.4) is 0 Å². The summed E-state index contributed by atoms with van der Waals surface area (Å²) in [6, 6.07) is 13.9. The van der Waals surface area contributed by atoms with Crippen molar-refractivity contribution >= 4 is 35.0 Å². The molecule has 1 aliphatic rings. The van der Waals surface area contributed by atoms with Gasteiger partial charge in [-0.1, -0.05) is 38.1 Å². The van der Waals surface area contributed by atoms with E-state index in [1.165, 1.54) is 11.8 Å². The Kier molecular flexibility index (Phi) is 6.79. The number of thioether (sulfide) groups is 1. The van der Waals surface area contributed by atoms with Crippen LogP contribution >= 0.6 is 11.8 Å². The number of benzene rings is 2. The van der Waals surface area contributed by atoms with E-state index in [-0.39, 0.29) is 23.0 Å². The summed E-state index contributed by atoms with van der Waals surface area (Å²) >= 11 is 1.54. The van der Waals surface area contributed by atoms with Crippen LogP contribution in [0.4, 0.5) is 11.4 Å². The number of carbonyl (C=O) groups is 2. The lowest BCUT2D eigenvalue weighted by Crippen LogP contribution is -2.25. The van der Waals surface area contributed by atoms with E-state index in [2.05, 4.69) is 23.6 Å². The SMILES string of the molecule is CCc1cccc(C)c1NC(=O)C(CC)Sc1cccc(NC(=O)C2CC2)c1. The van der Waals surface area contributed by atoms with Gasteiger partial charge in [0.05, 0.1) is 5.25 Å². The number of rotatable bonds is 8. The number of amides is 2. The van der Waals surface area contributed by atoms with Gasteiger partial charge in [0.15, 0.2) is 0 Å². The van der Waals surface area contributed by atoms with Gasteiger partial charge in [0.2, 0.25) is 11.8 Å². The zero-order chi connectivity index (χ0) is 20.1. The number of carbonyl (C=O) groups excluding carboxylic acids is 2. The molecular weight excluding hydrogens is 368 g/mol. The van der Waals surface area contributed by atoms with E-state index in [4.69, 9.17) is 0 Å². The highest BCUT2D eigenvalue weighted by Gasteiger charge is 2.29. The number of hydrogen-bond donors (Lipinski definition) is 2. The van der Waals surface area contributed by atoms with Crippen LogP contribution in [0.15, 0.2) is 47.4 Å². The summed E-state index contributed by atoms with van der Waals surface area (Å²) in [6.07, 6.45) is 3.57. The fourth-order valence-electron chi connectivity index (χ4n) is 3.13. The zero-order valence-electron chi connectivity index (χ0n) is 16.7. The molecule has 0 aromatic heterocycles. The van der Waals surface area contributed by atoms with Gasteiger partial charge in [0, 0.05) is 22.2 Å². The van der Waals surface area contributed by atoms with Gasteiger partial charge in [0.1, 0.15) is 0 Å². The summed E-state index contributed by atoms with van der Waals surface area (Å²) in [4.78, 5) is 25.9. The third-order valence-corrected chi connectivity index (χ3v) is 6.34. The van der Waals surface area contributed by atoms with E-state index in [1.54, 1.807) is 0 Å². The molecule has 3 rings (SSSR count). The molecule has 1 atom stereocenters. The summed E-state index contributed by atoms with van der Waals surface area (Å²) in [7, 11) is 0. The van der Waals surface area contributed by atoms with E-state index in [0.717, 1.165) is 53.1 Å². The molecule has 0 bridgehead atoms. The second kappa shape index (κ2) is 9.28. The first kappa shape index (κ1) is 20.5. The first-order valence-corrected chi connectivity index (χ1v) is 10.9. The van der Waals surface area contributed by atoms with Crippen molar-refractivity contribution in [1.29, 1.82) is 0 Å². The molecular formula is C23H28N2O2S. The van der Waals surface area contributed by atoms with Crippen molar-refractivity contribution in [2.24, 2.45) is 5.92 Å². The monoisotopic (exact) mass is 396 g/mol. The molecule has 0 radical (unpaired) electrons. The minimum absolute atomic E-state index is 0.0175. The third kappa shape index (κ3) is 5.16. The average molecular weight is 397 g/mol. The van der Waals surface area contributed by atoms with Crippen LogP contribution in [0.2, 0.25) is 0 Å². The molecule has 0 aliphatic heterocycles. The minimum Gasteiger partial charge on any atom is -0.326 e. The molecule has 2 amide bonds. The smallest absolute Gasteiger partial charge is 0.237 e. The highest BCUT2D eigenvalue weighted by atomic mass is 32.2. The summed E-state index contributed by atoms with van der Waals surface area (Å²) in [5, 5.41) is 5.92. The van der Waals surface area contributed by atoms with Gasteiger partial charge >= 0.3 is 0 Å². The minimum atomic E-state index is -0.196. The second-order valence-corrected chi connectivity index (χ2v) is 8.53. The molecule has 1 saturated carbocycles. The van der Waals surface area contributed by atoms with Crippen molar-refractivity contribution in [2.45, 2.75) is 56.6 Å². The summed E-state index contributed by atoms with van der Waals surface area (Å²) in [6.45, 7) is 6.14. The quantitative estimate of drug-likeness (QED) is 0.586. The lowest BCUT2D eigenvalue weighted by Gasteiger charge is -2.18. The van der Waals surface area contributed by atoms with Crippen molar-refractivity contribution < 1.29 is 9.59 Å². The van der Waals surface area contributed by atoms with E-state index in [0.29, 0.717) is 0 Å². The maximum absolute atomic E-state index is 12.9. The second-order valence-electron chi connectivity index (χ2n) is 7.26. The Morgan fingerprint density at radius 2 is 1.86 bits per heavy atom. The molecule has 2 aromatic rings. The standard InChI is InChI=1S/C23H28N2O2S/c1-4-16-9-6-8-15(3)21(16)25-23(27)20(5-2)28-19-11-7-10-18(14-19)24-22(26)17-12-13-17/h6-11,14,17,20H,4-5,12-13H2,1-3H3,(H,24,26)(H,25,27). The van der Waals surface area contributed by atoms with Gasteiger partial charge in [-0.05, 0) is 61.9 Å². The van der Waals surface area contributed by atoms with Crippen LogP contribution in [-0.4, -0.2) is 17.1 Å². The molecule has 28 heavy (non-hydrogen) atoms. The molecule has 5 heteroatoms. The van der Waals surface area contributed by atoms with Crippen molar-refractivity contribution in [3.05, 3.63) is 53.6 Å². The first-order valence-electron chi connectivity index (χ1n) is 9.98. The molecule has 148 valence electrons. The molecule has 1 aliphatic carbocycles. The van der Waals surface area contributed by atoms with Gasteiger partial charge in [-0.3, -0.25) is 9.59 Å². The van der Waals surface area contributed by atoms with Crippen molar-refractivity contribution in [2.75, 3.05) is 10.6 Å². The first-order chi connectivity index (χ1) is 13.5. The van der Waals surface area contributed by atoms with E-state index < -0.39 is 0 Å². The van der Waals surface area contributed by atoms with Crippen molar-refractivity contribution in [3.8, 4) is 0 Å². The normalized spacial score (nSPS) is 14.4. The zero-order valence-corrected chi connectivity index (χ0v) is 17.6. The van der Waals surface area contributed by atoms with Crippen LogP contribution in [-0.2, 0) is 16.0 Å². The summed E-state index contributed by atoms with van der Waals surface area (Å²) < 4.78 is 0. The maximum atomic E-state index is 12.9. The molecule has 2 aromatic carbocycles. The Morgan fingerprint density at radius 3 is 2.54 bits per heavy atom. The number of hydrogen-bond acceptors (Lipinski definition) is 3. The predicted molar refractivity (Wildman–Crippen MR) is 117 cm³/mol. The van der Waals surface area contributed by atoms with Crippen LogP contribution in [0.25, 0.3) is 0 Å². The van der Waals surface area contributed by atoms with E-state index in [9.17, 15) is 9.59 Å². The molecule has 0 spiro atoms. The molecule has 2 N–H and O–H groups in total. The van der Waals surface area contributed by atoms with Gasteiger partial charge in [-0.25, -0.2) is 0 Å². The largest absolute Gasteiger partial charge is 0.326 e. The Morgan fingerprint density at radius 1 is 1.11 bits per heavy atom. The van der Waals surface area contributed by atoms with Gasteiger partial charge in [-0.2, -0.15) is 0 Å². The highest BCUT2D eigenvalue weighted by molar-refractivity contribution is 8.00.